The van der Waals surface area contributed by atoms with Crippen molar-refractivity contribution in [2.24, 2.45) is 11.7 Å². The summed E-state index contributed by atoms with van der Waals surface area (Å²) >= 11 is 0. The van der Waals surface area contributed by atoms with Gasteiger partial charge in [-0.3, -0.25) is 9.59 Å². The van der Waals surface area contributed by atoms with Crippen molar-refractivity contribution in [3.8, 4) is 0 Å². The molecule has 1 saturated carbocycles. The number of carbonyl (C=O) groups is 2. The molecule has 0 aromatic rings. The largest absolute Gasteiger partial charge is 0.356 e. The number of nitrogens with zero attached hydrogens (tertiary/aromatic N) is 1. The molecule has 0 aromatic carbocycles. The predicted molar refractivity (Wildman–Crippen MR) is 82.6 cm³/mol. The second-order valence-corrected chi connectivity index (χ2v) is 6.45. The normalized spacial score (nSPS) is 26.4. The first-order chi connectivity index (χ1) is 10.2. The van der Waals surface area contributed by atoms with Crippen LogP contribution >= 0.6 is 0 Å². The highest BCUT2D eigenvalue weighted by Gasteiger charge is 2.26. The molecule has 5 heteroatoms. The zero-order valence-electron chi connectivity index (χ0n) is 13.0. The van der Waals surface area contributed by atoms with Crippen LogP contribution in [-0.2, 0) is 9.59 Å². The van der Waals surface area contributed by atoms with E-state index in [-0.39, 0.29) is 17.9 Å². The van der Waals surface area contributed by atoms with Crippen molar-refractivity contribution < 1.29 is 9.59 Å². The summed E-state index contributed by atoms with van der Waals surface area (Å²) in [6.45, 7) is 2.21. The highest BCUT2D eigenvalue weighted by molar-refractivity contribution is 5.79. The molecule has 1 aliphatic heterocycles. The molecule has 3 N–H and O–H groups in total. The first kappa shape index (κ1) is 16.3. The standard InChI is InChI=1S/C16H29N3O2/c17-14-7-5-6-13(14)12-15(20)18-9-8-16(21)19-10-3-1-2-4-11-19/h13-14H,1-12,17H2,(H,18,20)/t13-,14+/m0/s1. The van der Waals surface area contributed by atoms with E-state index in [1.807, 2.05) is 4.90 Å². The summed E-state index contributed by atoms with van der Waals surface area (Å²) in [5.41, 5.74) is 5.98. The molecule has 2 rings (SSSR count). The molecular formula is C16H29N3O2. The van der Waals surface area contributed by atoms with Crippen molar-refractivity contribution in [3.63, 3.8) is 0 Å². The average Bonchev–Trinajstić information content (AvgIpc) is 2.71. The number of carbonyl (C=O) groups excluding carboxylic acids is 2. The SMILES string of the molecule is N[C@@H]1CCC[C@H]1CC(=O)NCCC(=O)N1CCCCCC1. The van der Waals surface area contributed by atoms with E-state index in [2.05, 4.69) is 5.32 Å². The Kier molecular flexibility index (Phi) is 6.49. The Balaban J connectivity index is 1.61. The molecule has 2 amide bonds. The number of amides is 2. The first-order valence-electron chi connectivity index (χ1n) is 8.47. The van der Waals surface area contributed by atoms with E-state index in [4.69, 9.17) is 5.73 Å². The van der Waals surface area contributed by atoms with Gasteiger partial charge in [-0.1, -0.05) is 19.3 Å². The molecule has 0 radical (unpaired) electrons. The van der Waals surface area contributed by atoms with Crippen LogP contribution < -0.4 is 11.1 Å². The molecule has 0 spiro atoms. The zero-order valence-corrected chi connectivity index (χ0v) is 13.0. The molecule has 2 fully saturated rings. The lowest BCUT2D eigenvalue weighted by atomic mass is 10.00. The molecule has 120 valence electrons. The van der Waals surface area contributed by atoms with Gasteiger partial charge in [-0.25, -0.2) is 0 Å². The van der Waals surface area contributed by atoms with Gasteiger partial charge < -0.3 is 16.0 Å². The van der Waals surface area contributed by atoms with Crippen LogP contribution in [0, 0.1) is 5.92 Å². The van der Waals surface area contributed by atoms with E-state index in [9.17, 15) is 9.59 Å². The Hall–Kier alpha value is -1.10. The maximum Gasteiger partial charge on any atom is 0.224 e. The van der Waals surface area contributed by atoms with E-state index in [0.29, 0.717) is 25.3 Å². The van der Waals surface area contributed by atoms with Crippen molar-refractivity contribution in [1.29, 1.82) is 0 Å². The number of rotatable bonds is 5. The number of nitrogens with two attached hydrogens (primary N) is 1. The zero-order chi connectivity index (χ0) is 15.1. The Morgan fingerprint density at radius 2 is 1.76 bits per heavy atom. The van der Waals surface area contributed by atoms with Crippen molar-refractivity contribution in [3.05, 3.63) is 0 Å². The predicted octanol–water partition coefficient (Wildman–Crippen LogP) is 1.41. The van der Waals surface area contributed by atoms with E-state index in [0.717, 1.165) is 45.2 Å². The highest BCUT2D eigenvalue weighted by atomic mass is 16.2. The van der Waals surface area contributed by atoms with Gasteiger partial charge in [0.15, 0.2) is 0 Å². The van der Waals surface area contributed by atoms with E-state index < -0.39 is 0 Å². The van der Waals surface area contributed by atoms with Gasteiger partial charge in [-0.15, -0.1) is 0 Å². The highest BCUT2D eigenvalue weighted by Crippen LogP contribution is 2.26. The van der Waals surface area contributed by atoms with Crippen LogP contribution in [0.1, 0.15) is 57.8 Å². The summed E-state index contributed by atoms with van der Waals surface area (Å²) in [6.07, 6.45) is 8.82. The smallest absolute Gasteiger partial charge is 0.224 e. The van der Waals surface area contributed by atoms with Gasteiger partial charge >= 0.3 is 0 Å². The van der Waals surface area contributed by atoms with Crippen LogP contribution in [0.25, 0.3) is 0 Å². The fourth-order valence-electron chi connectivity index (χ4n) is 3.42. The number of nitrogens with one attached hydrogen (secondary N) is 1. The average molecular weight is 295 g/mol. The molecule has 2 aliphatic rings. The second kappa shape index (κ2) is 8.37. The maximum absolute atomic E-state index is 12.1. The summed E-state index contributed by atoms with van der Waals surface area (Å²) in [6, 6.07) is 0.175. The van der Waals surface area contributed by atoms with Gasteiger partial charge in [0.05, 0.1) is 0 Å². The minimum atomic E-state index is 0.0426. The van der Waals surface area contributed by atoms with Crippen LogP contribution in [0.5, 0.6) is 0 Å². The number of hydrogen-bond acceptors (Lipinski definition) is 3. The first-order valence-corrected chi connectivity index (χ1v) is 8.47. The molecule has 5 nitrogen and oxygen atoms in total. The topological polar surface area (TPSA) is 75.4 Å². The van der Waals surface area contributed by atoms with E-state index >= 15 is 0 Å². The summed E-state index contributed by atoms with van der Waals surface area (Å²) in [4.78, 5) is 25.9. The fraction of sp³-hybridized carbons (Fsp3) is 0.875. The molecule has 0 bridgehead atoms. The Labute approximate surface area is 127 Å². The van der Waals surface area contributed by atoms with E-state index in [1.165, 1.54) is 12.8 Å². The molecule has 0 unspecified atom stereocenters. The Morgan fingerprint density at radius 1 is 1.05 bits per heavy atom. The fourth-order valence-corrected chi connectivity index (χ4v) is 3.42. The van der Waals surface area contributed by atoms with Crippen molar-refractivity contribution >= 4 is 11.8 Å². The van der Waals surface area contributed by atoms with Crippen molar-refractivity contribution in [1.82, 2.24) is 10.2 Å². The number of hydrogen-bond donors (Lipinski definition) is 2. The van der Waals surface area contributed by atoms with Crippen LogP contribution in [0.2, 0.25) is 0 Å². The minimum Gasteiger partial charge on any atom is -0.356 e. The van der Waals surface area contributed by atoms with Crippen LogP contribution in [0.15, 0.2) is 0 Å². The second-order valence-electron chi connectivity index (χ2n) is 6.45. The Bertz CT molecular complexity index is 351. The van der Waals surface area contributed by atoms with Crippen molar-refractivity contribution in [2.75, 3.05) is 19.6 Å². The molecule has 1 heterocycles. The molecule has 21 heavy (non-hydrogen) atoms. The summed E-state index contributed by atoms with van der Waals surface area (Å²) < 4.78 is 0. The van der Waals surface area contributed by atoms with Crippen LogP contribution in [0.4, 0.5) is 0 Å². The molecular weight excluding hydrogens is 266 g/mol. The Morgan fingerprint density at radius 3 is 2.38 bits per heavy atom. The maximum atomic E-state index is 12.1. The van der Waals surface area contributed by atoms with Gasteiger partial charge in [0.25, 0.3) is 0 Å². The van der Waals surface area contributed by atoms with Gasteiger partial charge in [-0.05, 0) is 31.6 Å². The monoisotopic (exact) mass is 295 g/mol. The summed E-state index contributed by atoms with van der Waals surface area (Å²) in [5, 5.41) is 2.87. The minimum absolute atomic E-state index is 0.0426. The van der Waals surface area contributed by atoms with Crippen LogP contribution in [-0.4, -0.2) is 42.4 Å². The van der Waals surface area contributed by atoms with Gasteiger partial charge in [0.1, 0.15) is 0 Å². The third-order valence-electron chi connectivity index (χ3n) is 4.79. The quantitative estimate of drug-likeness (QED) is 0.805. The lowest BCUT2D eigenvalue weighted by molar-refractivity contribution is -0.131. The lowest BCUT2D eigenvalue weighted by Crippen LogP contribution is -2.36. The number of likely N-dealkylation sites (tertiary alicyclic amines) is 1. The molecule has 0 aromatic heterocycles. The summed E-state index contributed by atoms with van der Waals surface area (Å²) in [7, 11) is 0. The molecule has 2 atom stereocenters. The van der Waals surface area contributed by atoms with Crippen molar-refractivity contribution in [2.45, 2.75) is 63.8 Å². The summed E-state index contributed by atoms with van der Waals surface area (Å²) in [5.74, 6) is 0.544. The lowest BCUT2D eigenvalue weighted by Gasteiger charge is -2.20. The van der Waals surface area contributed by atoms with Crippen LogP contribution in [0.3, 0.4) is 0 Å². The van der Waals surface area contributed by atoms with Gasteiger partial charge in [0, 0.05) is 38.5 Å². The van der Waals surface area contributed by atoms with Gasteiger partial charge in [-0.2, -0.15) is 0 Å². The van der Waals surface area contributed by atoms with Gasteiger partial charge in [0.2, 0.25) is 11.8 Å². The third-order valence-corrected chi connectivity index (χ3v) is 4.79. The molecule has 1 aliphatic carbocycles. The molecule has 1 saturated heterocycles. The third kappa shape index (κ3) is 5.30. The van der Waals surface area contributed by atoms with E-state index in [1.54, 1.807) is 0 Å².